The molecule has 1 saturated carbocycles. The maximum absolute atomic E-state index is 11.9. The fourth-order valence-electron chi connectivity index (χ4n) is 2.36. The Hall–Kier alpha value is -1.29. The van der Waals surface area contributed by atoms with E-state index in [1.165, 1.54) is 7.11 Å². The second kappa shape index (κ2) is 4.29. The van der Waals surface area contributed by atoms with Crippen molar-refractivity contribution in [3.63, 3.8) is 0 Å². The number of hydrogen-bond donors (Lipinski definition) is 1. The molecule has 0 aliphatic heterocycles. The second-order valence-corrected chi connectivity index (χ2v) is 4.34. The molecular weight excluding hydrogens is 206 g/mol. The van der Waals surface area contributed by atoms with Gasteiger partial charge in [-0.05, 0) is 31.7 Å². The maximum atomic E-state index is 11.9. The van der Waals surface area contributed by atoms with Crippen LogP contribution in [0.15, 0.2) is 18.2 Å². The molecule has 0 spiro atoms. The van der Waals surface area contributed by atoms with Crippen LogP contribution in [0, 0.1) is 5.21 Å². The lowest BCUT2D eigenvalue weighted by Crippen LogP contribution is -2.44. The van der Waals surface area contributed by atoms with Crippen LogP contribution in [0.2, 0.25) is 0 Å². The Bertz CT molecular complexity index is 373. The van der Waals surface area contributed by atoms with E-state index in [4.69, 9.17) is 4.74 Å². The number of nitrogens with zero attached hydrogens (tertiary/aromatic N) is 1. The molecule has 1 heterocycles. The summed E-state index contributed by atoms with van der Waals surface area (Å²) in [6.07, 6.45) is 4.37. The van der Waals surface area contributed by atoms with Crippen LogP contribution in [0.4, 0.5) is 0 Å². The zero-order valence-electron chi connectivity index (χ0n) is 9.48. The molecule has 0 aromatic carbocycles. The average molecular weight is 223 g/mol. The predicted octanol–water partition coefficient (Wildman–Crippen LogP) is 1.48. The van der Waals surface area contributed by atoms with Gasteiger partial charge in [0.25, 0.3) is 0 Å². The third-order valence-corrected chi connectivity index (χ3v) is 3.28. The van der Waals surface area contributed by atoms with Crippen LogP contribution in [0.5, 0.6) is 5.88 Å². The van der Waals surface area contributed by atoms with E-state index in [1.54, 1.807) is 18.2 Å². The zero-order chi connectivity index (χ0) is 11.6. The van der Waals surface area contributed by atoms with E-state index >= 15 is 0 Å². The van der Waals surface area contributed by atoms with Crippen molar-refractivity contribution < 1.29 is 14.6 Å². The van der Waals surface area contributed by atoms with Crippen molar-refractivity contribution in [2.75, 3.05) is 7.11 Å². The van der Waals surface area contributed by atoms with E-state index in [0.717, 1.165) is 19.3 Å². The summed E-state index contributed by atoms with van der Waals surface area (Å²) in [4.78, 5) is 0. The molecule has 0 bridgehead atoms. The van der Waals surface area contributed by atoms with E-state index in [-0.39, 0.29) is 5.88 Å². The van der Waals surface area contributed by atoms with Gasteiger partial charge in [-0.25, -0.2) is 0 Å². The number of methoxy groups -OCH3 is 1. The number of ether oxygens (including phenoxy) is 1. The van der Waals surface area contributed by atoms with Gasteiger partial charge in [-0.2, -0.15) is 0 Å². The summed E-state index contributed by atoms with van der Waals surface area (Å²) in [5.41, 5.74) is -0.569. The normalized spacial score (nSPS) is 19.4. The number of hydrogen-bond acceptors (Lipinski definition) is 3. The molecule has 0 amide bonds. The molecule has 1 fully saturated rings. The van der Waals surface area contributed by atoms with Crippen molar-refractivity contribution in [3.05, 3.63) is 29.1 Å². The molecule has 0 atom stereocenters. The average Bonchev–Trinajstić information content (AvgIpc) is 2.30. The highest BCUT2D eigenvalue weighted by atomic mass is 16.5. The van der Waals surface area contributed by atoms with Crippen LogP contribution >= 0.6 is 0 Å². The fourth-order valence-corrected chi connectivity index (χ4v) is 2.36. The van der Waals surface area contributed by atoms with Crippen LogP contribution in [-0.2, 0) is 5.60 Å². The summed E-state index contributed by atoms with van der Waals surface area (Å²) in [5, 5.41) is 22.4. The van der Waals surface area contributed by atoms with Gasteiger partial charge >= 0.3 is 5.88 Å². The van der Waals surface area contributed by atoms with E-state index in [0.29, 0.717) is 23.3 Å². The van der Waals surface area contributed by atoms with Crippen molar-refractivity contribution >= 4 is 0 Å². The number of aromatic nitrogens is 1. The molecule has 1 aromatic heterocycles. The molecule has 0 unspecified atom stereocenters. The van der Waals surface area contributed by atoms with Gasteiger partial charge in [0.2, 0.25) is 5.69 Å². The summed E-state index contributed by atoms with van der Waals surface area (Å²) in [6.45, 7) is 0. The van der Waals surface area contributed by atoms with Crippen LogP contribution in [0.25, 0.3) is 0 Å². The Balaban J connectivity index is 2.38. The van der Waals surface area contributed by atoms with Gasteiger partial charge in [-0.15, -0.1) is 4.73 Å². The molecule has 4 nitrogen and oxygen atoms in total. The molecule has 88 valence electrons. The molecule has 1 N–H and O–H groups in total. The molecule has 0 saturated heterocycles. The van der Waals surface area contributed by atoms with Gasteiger partial charge in [-0.1, -0.05) is 6.42 Å². The largest absolute Gasteiger partial charge is 0.616 e. The Labute approximate surface area is 95.1 Å². The first-order chi connectivity index (χ1) is 7.67. The Morgan fingerprint density at radius 2 is 2.00 bits per heavy atom. The standard InChI is InChI=1S/C12H17NO3/c1-16-11-7-5-6-10(13(11)15)12(14)8-3-2-4-9-12/h5-7,14H,2-4,8-9H2,1H3. The number of pyridine rings is 1. The van der Waals surface area contributed by atoms with Gasteiger partial charge in [-0.3, -0.25) is 0 Å². The fraction of sp³-hybridized carbons (Fsp3) is 0.583. The highest BCUT2D eigenvalue weighted by Crippen LogP contribution is 2.35. The third-order valence-electron chi connectivity index (χ3n) is 3.28. The monoisotopic (exact) mass is 223 g/mol. The van der Waals surface area contributed by atoms with Crippen molar-refractivity contribution in [1.82, 2.24) is 0 Å². The summed E-state index contributed by atoms with van der Waals surface area (Å²) in [6, 6.07) is 5.03. The van der Waals surface area contributed by atoms with Gasteiger partial charge in [0.15, 0.2) is 0 Å². The van der Waals surface area contributed by atoms with Crippen molar-refractivity contribution in [2.24, 2.45) is 0 Å². The molecule has 1 aromatic rings. The molecule has 4 heteroatoms. The minimum Gasteiger partial charge on any atom is -0.616 e. The minimum atomic E-state index is -0.978. The van der Waals surface area contributed by atoms with E-state index in [9.17, 15) is 10.3 Å². The zero-order valence-corrected chi connectivity index (χ0v) is 9.48. The van der Waals surface area contributed by atoms with E-state index in [1.807, 2.05) is 0 Å². The smallest absolute Gasteiger partial charge is 0.379 e. The maximum Gasteiger partial charge on any atom is 0.379 e. The van der Waals surface area contributed by atoms with Crippen molar-refractivity contribution in [2.45, 2.75) is 37.7 Å². The van der Waals surface area contributed by atoms with Crippen LogP contribution in [0.3, 0.4) is 0 Å². The van der Waals surface area contributed by atoms with Crippen LogP contribution in [0.1, 0.15) is 37.8 Å². The number of rotatable bonds is 2. The first kappa shape index (κ1) is 11.2. The third kappa shape index (κ3) is 1.85. The molecular formula is C12H17NO3. The lowest BCUT2D eigenvalue weighted by Gasteiger charge is -2.30. The first-order valence-electron chi connectivity index (χ1n) is 5.67. The second-order valence-electron chi connectivity index (χ2n) is 4.34. The predicted molar refractivity (Wildman–Crippen MR) is 58.9 cm³/mol. The van der Waals surface area contributed by atoms with Gasteiger partial charge < -0.3 is 15.1 Å². The summed E-state index contributed by atoms with van der Waals surface area (Å²) >= 11 is 0. The van der Waals surface area contributed by atoms with E-state index in [2.05, 4.69) is 0 Å². The highest BCUT2D eigenvalue weighted by Gasteiger charge is 2.38. The lowest BCUT2D eigenvalue weighted by molar-refractivity contribution is -0.629. The van der Waals surface area contributed by atoms with Gasteiger partial charge in [0.05, 0.1) is 13.2 Å². The lowest BCUT2D eigenvalue weighted by atomic mass is 9.82. The van der Waals surface area contributed by atoms with Crippen molar-refractivity contribution in [3.8, 4) is 5.88 Å². The molecule has 0 radical (unpaired) electrons. The Kier molecular flexibility index (Phi) is 3.01. The number of aliphatic hydroxyl groups is 1. The summed E-state index contributed by atoms with van der Waals surface area (Å²) in [7, 11) is 1.46. The molecule has 1 aliphatic rings. The molecule has 16 heavy (non-hydrogen) atoms. The molecule has 1 aliphatic carbocycles. The van der Waals surface area contributed by atoms with Crippen molar-refractivity contribution in [1.29, 1.82) is 0 Å². The summed E-state index contributed by atoms with van der Waals surface area (Å²) < 4.78 is 5.66. The molecule has 2 rings (SSSR count). The van der Waals surface area contributed by atoms with Crippen LogP contribution < -0.4 is 9.47 Å². The van der Waals surface area contributed by atoms with Gasteiger partial charge in [0.1, 0.15) is 5.60 Å². The summed E-state index contributed by atoms with van der Waals surface area (Å²) in [5.74, 6) is 0.233. The Morgan fingerprint density at radius 1 is 1.31 bits per heavy atom. The van der Waals surface area contributed by atoms with E-state index < -0.39 is 5.60 Å². The Morgan fingerprint density at radius 3 is 2.62 bits per heavy atom. The minimum absolute atomic E-state index is 0.233. The van der Waals surface area contributed by atoms with Gasteiger partial charge in [0, 0.05) is 6.07 Å². The topological polar surface area (TPSA) is 56.4 Å². The van der Waals surface area contributed by atoms with Crippen LogP contribution in [-0.4, -0.2) is 12.2 Å². The first-order valence-corrected chi connectivity index (χ1v) is 5.67. The quantitative estimate of drug-likeness (QED) is 0.610. The highest BCUT2D eigenvalue weighted by molar-refractivity contribution is 5.14. The SMILES string of the molecule is COc1cccc(C2(O)CCCCC2)[n+]1[O-].